The third-order valence-corrected chi connectivity index (χ3v) is 3.28. The van der Waals surface area contributed by atoms with Crippen LogP contribution in [0.4, 0.5) is 0 Å². The van der Waals surface area contributed by atoms with Gasteiger partial charge in [0.05, 0.1) is 0 Å². The number of aryl methyl sites for hydroxylation is 1. The van der Waals surface area contributed by atoms with Gasteiger partial charge in [-0.15, -0.1) is 0 Å². The first kappa shape index (κ1) is 7.97. The Morgan fingerprint density at radius 3 is 2.70 bits per heavy atom. The van der Waals surface area contributed by atoms with Crippen molar-refractivity contribution in [2.24, 2.45) is 7.05 Å². The van der Waals surface area contributed by atoms with E-state index in [2.05, 4.69) is 24.2 Å². The Labute approximate surface area is 71.1 Å². The van der Waals surface area contributed by atoms with Crippen molar-refractivity contribution in [2.75, 3.05) is 0 Å². The van der Waals surface area contributed by atoms with E-state index >= 15 is 0 Å². The molecule has 0 saturated carbocycles. The Kier molecular flexibility index (Phi) is 2.64. The van der Waals surface area contributed by atoms with Crippen molar-refractivity contribution in [2.45, 2.75) is 17.8 Å². The third-order valence-electron chi connectivity index (χ3n) is 0.905. The van der Waals surface area contributed by atoms with E-state index in [1.54, 1.807) is 4.68 Å². The molecule has 0 saturated heterocycles. The van der Waals surface area contributed by atoms with E-state index in [1.807, 2.05) is 13.2 Å². The zero-order valence-electron chi connectivity index (χ0n) is 6.37. The van der Waals surface area contributed by atoms with Crippen LogP contribution in [0.2, 0.25) is 0 Å². The van der Waals surface area contributed by atoms with Gasteiger partial charge in [0.15, 0.2) is 0 Å². The summed E-state index contributed by atoms with van der Waals surface area (Å²) in [4.78, 5) is 0. The van der Waals surface area contributed by atoms with Crippen molar-refractivity contribution < 1.29 is 21.2 Å². The Balaban J connectivity index is 2.58. The molecule has 0 unspecified atom stereocenters. The molecule has 0 fully saturated rings. The van der Waals surface area contributed by atoms with Gasteiger partial charge in [-0.2, -0.15) is 0 Å². The molecular formula is C6H11IN3-. The average Bonchev–Trinajstić information content (AvgIpc) is 2.13. The van der Waals surface area contributed by atoms with Gasteiger partial charge >= 0.3 is 70.9 Å². The maximum atomic E-state index is 4.02. The SMILES string of the molecule is CC(C)[I-]c1cn(C)nn1. The number of rotatable bonds is 2. The van der Waals surface area contributed by atoms with Crippen LogP contribution in [0, 0.1) is 3.70 Å². The van der Waals surface area contributed by atoms with E-state index in [-0.39, 0.29) is 21.2 Å². The van der Waals surface area contributed by atoms with Gasteiger partial charge in [0.1, 0.15) is 0 Å². The van der Waals surface area contributed by atoms with E-state index in [0.717, 1.165) is 3.92 Å². The van der Waals surface area contributed by atoms with Gasteiger partial charge in [-0.1, -0.05) is 0 Å². The molecule has 0 aliphatic carbocycles. The molecule has 0 N–H and O–H groups in total. The van der Waals surface area contributed by atoms with Crippen LogP contribution in [-0.2, 0) is 7.05 Å². The Bertz CT molecular complexity index is 207. The van der Waals surface area contributed by atoms with Gasteiger partial charge in [-0.25, -0.2) is 0 Å². The molecule has 10 heavy (non-hydrogen) atoms. The molecule has 0 aliphatic heterocycles. The van der Waals surface area contributed by atoms with E-state index < -0.39 is 0 Å². The van der Waals surface area contributed by atoms with Crippen LogP contribution in [0.3, 0.4) is 0 Å². The molecule has 0 bridgehead atoms. The number of halogens is 1. The van der Waals surface area contributed by atoms with Gasteiger partial charge in [0.25, 0.3) is 0 Å². The fourth-order valence-corrected chi connectivity index (χ4v) is 2.65. The molecule has 1 heterocycles. The Morgan fingerprint density at radius 2 is 2.30 bits per heavy atom. The van der Waals surface area contributed by atoms with E-state index in [1.165, 1.54) is 3.70 Å². The van der Waals surface area contributed by atoms with Crippen molar-refractivity contribution in [1.29, 1.82) is 0 Å². The molecule has 0 amide bonds. The molecule has 58 valence electrons. The molecule has 3 nitrogen and oxygen atoms in total. The molecular weight excluding hydrogens is 241 g/mol. The van der Waals surface area contributed by atoms with Gasteiger partial charge < -0.3 is 0 Å². The minimum absolute atomic E-state index is 0.0935. The first-order chi connectivity index (χ1) is 4.68. The van der Waals surface area contributed by atoms with E-state index in [9.17, 15) is 0 Å². The molecule has 0 aromatic carbocycles. The Morgan fingerprint density at radius 1 is 1.60 bits per heavy atom. The van der Waals surface area contributed by atoms with Crippen molar-refractivity contribution in [3.8, 4) is 0 Å². The number of alkyl halides is 1. The van der Waals surface area contributed by atoms with Crippen LogP contribution in [0.1, 0.15) is 13.8 Å². The quantitative estimate of drug-likeness (QED) is 0.430. The average molecular weight is 252 g/mol. The monoisotopic (exact) mass is 252 g/mol. The van der Waals surface area contributed by atoms with E-state index in [4.69, 9.17) is 0 Å². The van der Waals surface area contributed by atoms with Gasteiger partial charge in [0.2, 0.25) is 0 Å². The normalized spacial score (nSPS) is 11.2. The summed E-state index contributed by atoms with van der Waals surface area (Å²) in [5, 5.41) is 7.88. The molecule has 0 aliphatic rings. The number of hydrogen-bond donors (Lipinski definition) is 0. The summed E-state index contributed by atoms with van der Waals surface area (Å²) in [7, 11) is 1.90. The third kappa shape index (κ3) is 2.24. The molecule has 1 aromatic heterocycles. The van der Waals surface area contributed by atoms with Crippen LogP contribution >= 0.6 is 0 Å². The summed E-state index contributed by atoms with van der Waals surface area (Å²) in [6, 6.07) is 0. The van der Waals surface area contributed by atoms with Gasteiger partial charge in [0, 0.05) is 0 Å². The summed E-state index contributed by atoms with van der Waals surface area (Å²) in [6.45, 7) is 4.45. The zero-order chi connectivity index (χ0) is 7.56. The second kappa shape index (κ2) is 3.32. The van der Waals surface area contributed by atoms with Crippen LogP contribution in [0.15, 0.2) is 6.20 Å². The second-order valence-electron chi connectivity index (χ2n) is 2.34. The summed E-state index contributed by atoms with van der Waals surface area (Å²) in [5.74, 6) is 0. The fourth-order valence-electron chi connectivity index (χ4n) is 0.593. The summed E-state index contributed by atoms with van der Waals surface area (Å²) in [5.41, 5.74) is 0. The first-order valence-corrected chi connectivity index (χ1v) is 5.50. The van der Waals surface area contributed by atoms with Gasteiger partial charge in [-0.3, -0.25) is 0 Å². The topological polar surface area (TPSA) is 30.7 Å². The van der Waals surface area contributed by atoms with Crippen LogP contribution in [0.5, 0.6) is 0 Å². The summed E-state index contributed by atoms with van der Waals surface area (Å²) >= 11 is 0.0935. The maximum absolute atomic E-state index is 4.02. The summed E-state index contributed by atoms with van der Waals surface area (Å²) < 4.78 is 3.73. The van der Waals surface area contributed by atoms with Crippen molar-refractivity contribution in [1.82, 2.24) is 15.0 Å². The van der Waals surface area contributed by atoms with E-state index in [0.29, 0.717) is 0 Å². The van der Waals surface area contributed by atoms with Crippen LogP contribution in [-0.4, -0.2) is 18.9 Å². The standard InChI is InChI=1S/C6H11IN3/c1-5(2)7-6-4-10(3)9-8-6/h4-5H,1-3H3/q-1. The Hall–Kier alpha value is -0.130. The first-order valence-electron chi connectivity index (χ1n) is 3.18. The predicted octanol–water partition coefficient (Wildman–Crippen LogP) is -2.52. The predicted molar refractivity (Wildman–Crippen MR) is 34.8 cm³/mol. The number of aromatic nitrogens is 3. The van der Waals surface area contributed by atoms with Crippen LogP contribution < -0.4 is 21.2 Å². The number of hydrogen-bond acceptors (Lipinski definition) is 2. The molecule has 4 heteroatoms. The molecule has 0 spiro atoms. The molecule has 0 radical (unpaired) electrons. The van der Waals surface area contributed by atoms with Crippen molar-refractivity contribution in [3.05, 3.63) is 9.90 Å². The fraction of sp³-hybridized carbons (Fsp3) is 0.667. The van der Waals surface area contributed by atoms with Crippen molar-refractivity contribution >= 4 is 0 Å². The second-order valence-corrected chi connectivity index (χ2v) is 6.56. The van der Waals surface area contributed by atoms with Gasteiger partial charge in [-0.05, 0) is 0 Å². The summed E-state index contributed by atoms with van der Waals surface area (Å²) in [6.07, 6.45) is 2.01. The molecule has 0 atom stereocenters. The van der Waals surface area contributed by atoms with Crippen molar-refractivity contribution in [3.63, 3.8) is 0 Å². The zero-order valence-corrected chi connectivity index (χ0v) is 8.53. The number of nitrogens with zero attached hydrogens (tertiary/aromatic N) is 3. The molecule has 1 aromatic rings. The molecule has 1 rings (SSSR count). The minimum atomic E-state index is 0.0935. The van der Waals surface area contributed by atoms with Crippen LogP contribution in [0.25, 0.3) is 0 Å².